The van der Waals surface area contributed by atoms with Gasteiger partial charge in [0.1, 0.15) is 0 Å². The summed E-state index contributed by atoms with van der Waals surface area (Å²) in [4.78, 5) is 0. The van der Waals surface area contributed by atoms with Gasteiger partial charge >= 0.3 is 0 Å². The van der Waals surface area contributed by atoms with E-state index in [0.29, 0.717) is 6.54 Å². The summed E-state index contributed by atoms with van der Waals surface area (Å²) in [7, 11) is 0. The smallest absolute Gasteiger partial charge is 0.179 e. The molecule has 0 aliphatic carbocycles. The van der Waals surface area contributed by atoms with Crippen molar-refractivity contribution in [2.24, 2.45) is 5.73 Å². The van der Waals surface area contributed by atoms with Crippen LogP contribution in [-0.4, -0.2) is 20.0 Å². The molecular weight excluding hydrogens is 178 g/mol. The molecule has 64 valence electrons. The van der Waals surface area contributed by atoms with Crippen molar-refractivity contribution in [3.05, 3.63) is 23.9 Å². The molecule has 2 aromatic heterocycles. The molecule has 0 amide bonds. The van der Waals surface area contributed by atoms with Crippen molar-refractivity contribution in [2.45, 2.75) is 6.54 Å². The van der Waals surface area contributed by atoms with Crippen LogP contribution in [0.1, 0.15) is 5.56 Å². The molecule has 0 spiro atoms. The fourth-order valence-corrected chi connectivity index (χ4v) is 0.909. The van der Waals surface area contributed by atoms with Crippen LogP contribution in [0.5, 0.6) is 0 Å². The number of pyridine rings is 1. The first kappa shape index (κ1) is 8.89. The van der Waals surface area contributed by atoms with Gasteiger partial charge in [-0.2, -0.15) is 0 Å². The molecule has 0 bridgehead atoms. The summed E-state index contributed by atoms with van der Waals surface area (Å²) in [5.41, 5.74) is 7.20. The van der Waals surface area contributed by atoms with E-state index in [9.17, 15) is 0 Å². The minimum Gasteiger partial charge on any atom is -0.326 e. The third-order valence-corrected chi connectivity index (χ3v) is 1.50. The molecule has 2 N–H and O–H groups in total. The Kier molecular flexibility index (Phi) is 2.57. The summed E-state index contributed by atoms with van der Waals surface area (Å²) in [5, 5.41) is 11.0. The van der Waals surface area contributed by atoms with E-state index in [4.69, 9.17) is 5.73 Å². The second kappa shape index (κ2) is 3.46. The summed E-state index contributed by atoms with van der Waals surface area (Å²) in [6.45, 7) is 0.517. The maximum atomic E-state index is 5.43. The Morgan fingerprint density at radius 3 is 3.08 bits per heavy atom. The first-order chi connectivity index (χ1) is 5.40. The molecule has 0 aliphatic rings. The van der Waals surface area contributed by atoms with Crippen LogP contribution in [0.15, 0.2) is 18.3 Å². The Hall–Kier alpha value is -1.20. The summed E-state index contributed by atoms with van der Waals surface area (Å²) in [6, 6.07) is 3.75. The van der Waals surface area contributed by atoms with Crippen molar-refractivity contribution in [3.63, 3.8) is 0 Å². The van der Waals surface area contributed by atoms with E-state index in [2.05, 4.69) is 15.5 Å². The fourth-order valence-electron chi connectivity index (χ4n) is 0.909. The lowest BCUT2D eigenvalue weighted by molar-refractivity contribution is 0.822. The molecule has 12 heavy (non-hydrogen) atoms. The molecule has 0 saturated heterocycles. The summed E-state index contributed by atoms with van der Waals surface area (Å²) in [6.07, 6.45) is 1.79. The van der Waals surface area contributed by atoms with Crippen molar-refractivity contribution in [1.29, 1.82) is 0 Å². The number of tetrazole rings is 1. The molecule has 0 atom stereocenters. The molecule has 0 radical (unpaired) electrons. The predicted octanol–water partition coefficient (Wildman–Crippen LogP) is 0.00480. The van der Waals surface area contributed by atoms with Gasteiger partial charge in [-0.25, -0.2) is 4.52 Å². The van der Waals surface area contributed by atoms with Gasteiger partial charge in [0, 0.05) is 12.7 Å². The van der Waals surface area contributed by atoms with Gasteiger partial charge in [0.15, 0.2) is 5.65 Å². The average Bonchev–Trinajstić information content (AvgIpc) is 2.50. The molecule has 2 aromatic rings. The van der Waals surface area contributed by atoms with E-state index >= 15 is 0 Å². The highest BCUT2D eigenvalue weighted by Gasteiger charge is 1.95. The largest absolute Gasteiger partial charge is 0.326 e. The Balaban J connectivity index is 0.000000720. The number of fused-ring (bicyclic) bond motifs is 1. The molecule has 0 saturated carbocycles. The van der Waals surface area contributed by atoms with E-state index in [1.807, 2.05) is 12.1 Å². The van der Waals surface area contributed by atoms with Gasteiger partial charge in [-0.05, 0) is 28.1 Å². The molecule has 2 heterocycles. The van der Waals surface area contributed by atoms with Crippen LogP contribution in [0.25, 0.3) is 5.65 Å². The zero-order valence-electron chi connectivity index (χ0n) is 6.21. The van der Waals surface area contributed by atoms with Gasteiger partial charge < -0.3 is 5.73 Å². The molecule has 6 heteroatoms. The van der Waals surface area contributed by atoms with Crippen molar-refractivity contribution in [1.82, 2.24) is 20.0 Å². The first-order valence-electron chi connectivity index (χ1n) is 3.27. The zero-order chi connectivity index (χ0) is 7.68. The topological polar surface area (TPSA) is 69.1 Å². The van der Waals surface area contributed by atoms with Crippen molar-refractivity contribution in [2.75, 3.05) is 0 Å². The van der Waals surface area contributed by atoms with Gasteiger partial charge in [-0.1, -0.05) is 0 Å². The van der Waals surface area contributed by atoms with Crippen molar-refractivity contribution in [3.8, 4) is 0 Å². The summed E-state index contributed by atoms with van der Waals surface area (Å²) >= 11 is 0. The van der Waals surface area contributed by atoms with Crippen LogP contribution < -0.4 is 5.73 Å². The van der Waals surface area contributed by atoms with E-state index in [-0.39, 0.29) is 12.4 Å². The Morgan fingerprint density at radius 2 is 2.33 bits per heavy atom. The maximum absolute atomic E-state index is 5.43. The predicted molar refractivity (Wildman–Crippen MR) is 45.9 cm³/mol. The fraction of sp³-hybridized carbons (Fsp3) is 0.167. The first-order valence-corrected chi connectivity index (χ1v) is 3.27. The highest BCUT2D eigenvalue weighted by atomic mass is 35.5. The van der Waals surface area contributed by atoms with E-state index < -0.39 is 0 Å². The number of hydrogen-bond acceptors (Lipinski definition) is 4. The number of hydrogen-bond donors (Lipinski definition) is 1. The number of nitrogens with two attached hydrogens (primary N) is 1. The lowest BCUT2D eigenvalue weighted by Gasteiger charge is -1.93. The Labute approximate surface area is 75.0 Å². The van der Waals surface area contributed by atoms with Crippen molar-refractivity contribution >= 4 is 18.1 Å². The van der Waals surface area contributed by atoms with Crippen LogP contribution in [0, 0.1) is 0 Å². The molecule has 0 aromatic carbocycles. The van der Waals surface area contributed by atoms with Gasteiger partial charge in [-0.3, -0.25) is 0 Å². The van der Waals surface area contributed by atoms with E-state index in [1.54, 1.807) is 10.7 Å². The highest BCUT2D eigenvalue weighted by Crippen LogP contribution is 2.00. The van der Waals surface area contributed by atoms with Crippen LogP contribution in [0.4, 0.5) is 0 Å². The SMILES string of the molecule is Cl.NCc1ccn2nnnc2c1. The van der Waals surface area contributed by atoms with Crippen LogP contribution >= 0.6 is 12.4 Å². The minimum absolute atomic E-state index is 0. The second-order valence-electron chi connectivity index (χ2n) is 2.22. The molecule has 0 fully saturated rings. The number of nitrogens with zero attached hydrogens (tertiary/aromatic N) is 4. The van der Waals surface area contributed by atoms with Gasteiger partial charge in [0.2, 0.25) is 0 Å². The maximum Gasteiger partial charge on any atom is 0.179 e. The molecular formula is C6H8ClN5. The van der Waals surface area contributed by atoms with Crippen LogP contribution in [0.3, 0.4) is 0 Å². The zero-order valence-corrected chi connectivity index (χ0v) is 7.03. The Bertz CT molecular complexity index is 371. The minimum atomic E-state index is 0. The van der Waals surface area contributed by atoms with Gasteiger partial charge in [0.25, 0.3) is 0 Å². The summed E-state index contributed by atoms with van der Waals surface area (Å²) < 4.78 is 1.60. The lowest BCUT2D eigenvalue weighted by atomic mass is 10.3. The average molecular weight is 186 g/mol. The normalized spacial score (nSPS) is 9.75. The highest BCUT2D eigenvalue weighted by molar-refractivity contribution is 5.85. The molecule has 5 nitrogen and oxygen atoms in total. The van der Waals surface area contributed by atoms with Gasteiger partial charge in [0.05, 0.1) is 0 Å². The second-order valence-corrected chi connectivity index (χ2v) is 2.22. The quantitative estimate of drug-likeness (QED) is 0.680. The number of rotatable bonds is 1. The number of aromatic nitrogens is 4. The lowest BCUT2D eigenvalue weighted by Crippen LogP contribution is -1.97. The molecule has 0 aliphatic heterocycles. The monoisotopic (exact) mass is 185 g/mol. The standard InChI is InChI=1S/C6H7N5.ClH/c7-4-5-1-2-11-6(3-5)8-9-10-11;/h1-3H,4,7H2;1H. The molecule has 2 rings (SSSR count). The summed E-state index contributed by atoms with van der Waals surface area (Å²) in [5.74, 6) is 0. The van der Waals surface area contributed by atoms with E-state index in [0.717, 1.165) is 11.2 Å². The Morgan fingerprint density at radius 1 is 1.50 bits per heavy atom. The van der Waals surface area contributed by atoms with Crippen LogP contribution in [-0.2, 0) is 6.54 Å². The molecule has 0 unspecified atom stereocenters. The third-order valence-electron chi connectivity index (χ3n) is 1.50. The van der Waals surface area contributed by atoms with E-state index in [1.165, 1.54) is 0 Å². The third kappa shape index (κ3) is 1.37. The van der Waals surface area contributed by atoms with Gasteiger partial charge in [-0.15, -0.1) is 17.5 Å². The number of halogens is 1. The van der Waals surface area contributed by atoms with Crippen molar-refractivity contribution < 1.29 is 0 Å². The van der Waals surface area contributed by atoms with Crippen LogP contribution in [0.2, 0.25) is 0 Å².